The minimum absolute atomic E-state index is 0.120. The molecule has 0 spiro atoms. The van der Waals surface area contributed by atoms with Crippen LogP contribution in [0.4, 0.5) is 0 Å². The lowest BCUT2D eigenvalue weighted by Crippen LogP contribution is -2.39. The van der Waals surface area contributed by atoms with E-state index in [2.05, 4.69) is 16.8 Å². The van der Waals surface area contributed by atoms with Gasteiger partial charge in [0.1, 0.15) is 5.82 Å². The normalized spacial score (nSPS) is 11.0. The van der Waals surface area contributed by atoms with E-state index in [-0.39, 0.29) is 24.3 Å². The standard InChI is InChI=1S/C20H15ClN4O2/c1-4-11-24-16(10-9-14-7-6-8-15(21)13-14)22-18-17(24)19(26)25(12-5-2)20(27)23(18)3/h1-2,6-10,13H,11-12H2,3H3/b10-9+. The lowest BCUT2D eigenvalue weighted by Gasteiger charge is -2.06. The molecule has 0 N–H and O–H groups in total. The summed E-state index contributed by atoms with van der Waals surface area (Å²) in [5.74, 6) is 5.29. The molecule has 0 bridgehead atoms. The molecule has 0 unspecified atom stereocenters. The van der Waals surface area contributed by atoms with Crippen LogP contribution in [0.2, 0.25) is 5.02 Å². The second kappa shape index (κ2) is 7.41. The topological polar surface area (TPSA) is 61.8 Å². The minimum atomic E-state index is -0.527. The van der Waals surface area contributed by atoms with Crippen molar-refractivity contribution in [3.8, 4) is 24.7 Å². The van der Waals surface area contributed by atoms with Gasteiger partial charge in [0.15, 0.2) is 11.2 Å². The number of nitrogens with zero attached hydrogens (tertiary/aromatic N) is 4. The zero-order valence-electron chi connectivity index (χ0n) is 14.5. The van der Waals surface area contributed by atoms with Crippen molar-refractivity contribution >= 4 is 34.9 Å². The first kappa shape index (κ1) is 18.3. The first-order valence-corrected chi connectivity index (χ1v) is 8.36. The van der Waals surface area contributed by atoms with Gasteiger partial charge >= 0.3 is 5.69 Å². The number of terminal acetylenes is 2. The lowest BCUT2D eigenvalue weighted by molar-refractivity contribution is 0.673. The molecule has 0 fully saturated rings. The highest BCUT2D eigenvalue weighted by molar-refractivity contribution is 6.30. The predicted octanol–water partition coefficient (Wildman–Crippen LogP) is 1.99. The largest absolute Gasteiger partial charge is 0.333 e. The van der Waals surface area contributed by atoms with Crippen LogP contribution in [0.3, 0.4) is 0 Å². The molecule has 0 radical (unpaired) electrons. The fourth-order valence-corrected chi connectivity index (χ4v) is 2.98. The Labute approximate surface area is 160 Å². The first-order valence-electron chi connectivity index (χ1n) is 7.98. The second-order valence-electron chi connectivity index (χ2n) is 5.76. The third-order valence-electron chi connectivity index (χ3n) is 4.03. The molecule has 0 aliphatic carbocycles. The average Bonchev–Trinajstić information content (AvgIpc) is 3.01. The minimum Gasteiger partial charge on any atom is -0.307 e. The summed E-state index contributed by atoms with van der Waals surface area (Å²) in [7, 11) is 1.54. The van der Waals surface area contributed by atoms with Gasteiger partial charge in [0, 0.05) is 12.1 Å². The van der Waals surface area contributed by atoms with Gasteiger partial charge in [-0.25, -0.2) is 14.3 Å². The van der Waals surface area contributed by atoms with Gasteiger partial charge < -0.3 is 4.57 Å². The Kier molecular flexibility index (Phi) is 5.03. The number of aryl methyl sites for hydroxylation is 1. The molecule has 27 heavy (non-hydrogen) atoms. The highest BCUT2D eigenvalue weighted by atomic mass is 35.5. The molecule has 0 aliphatic rings. The third kappa shape index (κ3) is 3.31. The molecule has 6 nitrogen and oxygen atoms in total. The van der Waals surface area contributed by atoms with Crippen LogP contribution in [-0.4, -0.2) is 18.7 Å². The van der Waals surface area contributed by atoms with Gasteiger partial charge in [-0.05, 0) is 23.8 Å². The summed E-state index contributed by atoms with van der Waals surface area (Å²) in [4.78, 5) is 29.6. The number of hydrogen-bond donors (Lipinski definition) is 0. The molecule has 0 amide bonds. The van der Waals surface area contributed by atoms with Crippen molar-refractivity contribution in [3.63, 3.8) is 0 Å². The van der Waals surface area contributed by atoms with Crippen molar-refractivity contribution in [2.45, 2.75) is 13.1 Å². The van der Waals surface area contributed by atoms with Gasteiger partial charge in [0.25, 0.3) is 5.56 Å². The van der Waals surface area contributed by atoms with Crippen LogP contribution >= 0.6 is 11.6 Å². The molecule has 2 aromatic heterocycles. The predicted molar refractivity (Wildman–Crippen MR) is 107 cm³/mol. The smallest absolute Gasteiger partial charge is 0.307 e. The van der Waals surface area contributed by atoms with Crippen LogP contribution in [0, 0.1) is 24.7 Å². The van der Waals surface area contributed by atoms with E-state index in [9.17, 15) is 9.59 Å². The van der Waals surface area contributed by atoms with Gasteiger partial charge in [0.05, 0.1) is 13.1 Å². The van der Waals surface area contributed by atoms with E-state index in [1.807, 2.05) is 12.1 Å². The summed E-state index contributed by atoms with van der Waals surface area (Å²) in [5, 5.41) is 0.605. The van der Waals surface area contributed by atoms with Gasteiger partial charge in [-0.15, -0.1) is 12.8 Å². The SMILES string of the molecule is C#CCn1c(=O)c2c(nc(/C=C/c3cccc(Cl)c3)n2CC#C)n(C)c1=O. The Morgan fingerprint density at radius 1 is 1.15 bits per heavy atom. The maximum atomic E-state index is 12.8. The lowest BCUT2D eigenvalue weighted by atomic mass is 10.2. The van der Waals surface area contributed by atoms with E-state index < -0.39 is 11.2 Å². The van der Waals surface area contributed by atoms with Crippen molar-refractivity contribution in [1.29, 1.82) is 0 Å². The van der Waals surface area contributed by atoms with Gasteiger partial charge in [0.2, 0.25) is 0 Å². The second-order valence-corrected chi connectivity index (χ2v) is 6.19. The monoisotopic (exact) mass is 378 g/mol. The van der Waals surface area contributed by atoms with E-state index >= 15 is 0 Å². The Bertz CT molecular complexity index is 1260. The fraction of sp³-hybridized carbons (Fsp3) is 0.150. The Hall–Kier alpha value is -3.48. The molecule has 3 rings (SSSR count). The van der Waals surface area contributed by atoms with Crippen LogP contribution in [0.15, 0.2) is 33.9 Å². The van der Waals surface area contributed by atoms with Crippen LogP contribution in [0.1, 0.15) is 11.4 Å². The summed E-state index contributed by atoms with van der Waals surface area (Å²) in [6, 6.07) is 7.28. The van der Waals surface area contributed by atoms with Crippen molar-refractivity contribution < 1.29 is 0 Å². The van der Waals surface area contributed by atoms with E-state index in [1.165, 1.54) is 11.6 Å². The van der Waals surface area contributed by atoms with Crippen LogP contribution < -0.4 is 11.2 Å². The van der Waals surface area contributed by atoms with Crippen LogP contribution in [0.25, 0.3) is 23.3 Å². The molecule has 0 saturated carbocycles. The summed E-state index contributed by atoms with van der Waals surface area (Å²) in [6.45, 7) is -0.00835. The van der Waals surface area contributed by atoms with Crippen LogP contribution in [0.5, 0.6) is 0 Å². The van der Waals surface area contributed by atoms with E-state index in [0.717, 1.165) is 10.1 Å². The average molecular weight is 379 g/mol. The van der Waals surface area contributed by atoms with E-state index in [1.54, 1.807) is 28.9 Å². The molecule has 1 aromatic carbocycles. The molecule has 0 aliphatic heterocycles. The first-order chi connectivity index (χ1) is 13.0. The number of halogens is 1. The summed E-state index contributed by atoms with van der Waals surface area (Å²) < 4.78 is 3.87. The highest BCUT2D eigenvalue weighted by Gasteiger charge is 2.18. The molecular weight excluding hydrogens is 364 g/mol. The number of benzene rings is 1. The highest BCUT2D eigenvalue weighted by Crippen LogP contribution is 2.16. The van der Waals surface area contributed by atoms with Gasteiger partial charge in [-0.2, -0.15) is 0 Å². The number of rotatable bonds is 4. The van der Waals surface area contributed by atoms with Crippen molar-refractivity contribution in [2.24, 2.45) is 7.05 Å². The Balaban J connectivity index is 2.27. The maximum absolute atomic E-state index is 12.8. The zero-order chi connectivity index (χ0) is 19.6. The Morgan fingerprint density at radius 3 is 2.52 bits per heavy atom. The molecule has 3 aromatic rings. The number of fused-ring (bicyclic) bond motifs is 1. The maximum Gasteiger partial charge on any atom is 0.333 e. The summed E-state index contributed by atoms with van der Waals surface area (Å²) in [5.41, 5.74) is 0.299. The number of aromatic nitrogens is 4. The molecule has 2 heterocycles. The van der Waals surface area contributed by atoms with Gasteiger partial charge in [-0.1, -0.05) is 41.7 Å². The molecule has 7 heteroatoms. The summed E-state index contributed by atoms with van der Waals surface area (Å²) >= 11 is 6.00. The number of imidazole rings is 1. The van der Waals surface area contributed by atoms with Crippen LogP contribution in [-0.2, 0) is 20.1 Å². The van der Waals surface area contributed by atoms with Crippen molar-refractivity contribution in [1.82, 2.24) is 18.7 Å². The van der Waals surface area contributed by atoms with E-state index in [0.29, 0.717) is 10.8 Å². The van der Waals surface area contributed by atoms with E-state index in [4.69, 9.17) is 24.4 Å². The number of hydrogen-bond acceptors (Lipinski definition) is 3. The molecule has 0 saturated heterocycles. The van der Waals surface area contributed by atoms with Crippen molar-refractivity contribution in [2.75, 3.05) is 0 Å². The molecule has 0 atom stereocenters. The van der Waals surface area contributed by atoms with Gasteiger partial charge in [-0.3, -0.25) is 9.36 Å². The molecule has 134 valence electrons. The summed E-state index contributed by atoms with van der Waals surface area (Å²) in [6.07, 6.45) is 14.3. The van der Waals surface area contributed by atoms with Crippen molar-refractivity contribution in [3.05, 3.63) is 61.5 Å². The molecular formula is C20H15ClN4O2. The third-order valence-corrected chi connectivity index (χ3v) is 4.27. The fourth-order valence-electron chi connectivity index (χ4n) is 2.78. The Morgan fingerprint density at radius 2 is 1.85 bits per heavy atom. The zero-order valence-corrected chi connectivity index (χ0v) is 15.3. The quantitative estimate of drug-likeness (QED) is 0.652.